The SMILES string of the molecule is Nc1ccncc1CC(=O)c1ccc(Cl)c(Cl)c1. The van der Waals surface area contributed by atoms with E-state index in [1.54, 1.807) is 36.7 Å². The van der Waals surface area contributed by atoms with Crippen molar-refractivity contribution in [1.29, 1.82) is 0 Å². The Morgan fingerprint density at radius 2 is 2.00 bits per heavy atom. The first-order valence-electron chi connectivity index (χ1n) is 5.24. The van der Waals surface area contributed by atoms with Gasteiger partial charge in [-0.3, -0.25) is 9.78 Å². The Hall–Kier alpha value is -1.58. The molecule has 1 aromatic heterocycles. The van der Waals surface area contributed by atoms with Crippen molar-refractivity contribution in [1.82, 2.24) is 4.98 Å². The zero-order valence-electron chi connectivity index (χ0n) is 9.36. The van der Waals surface area contributed by atoms with Crippen LogP contribution in [0.2, 0.25) is 10.0 Å². The summed E-state index contributed by atoms with van der Waals surface area (Å²) in [6.45, 7) is 0. The highest BCUT2D eigenvalue weighted by Gasteiger charge is 2.10. The predicted molar refractivity (Wildman–Crippen MR) is 73.1 cm³/mol. The van der Waals surface area contributed by atoms with Crippen LogP contribution in [-0.4, -0.2) is 10.8 Å². The first-order valence-corrected chi connectivity index (χ1v) is 6.00. The molecular weight excluding hydrogens is 271 g/mol. The maximum Gasteiger partial charge on any atom is 0.167 e. The number of carbonyl (C=O) groups is 1. The van der Waals surface area contributed by atoms with E-state index in [2.05, 4.69) is 4.98 Å². The molecule has 2 N–H and O–H groups in total. The van der Waals surface area contributed by atoms with Crippen LogP contribution in [0, 0.1) is 0 Å². The maximum absolute atomic E-state index is 12.0. The molecule has 0 fully saturated rings. The molecule has 0 amide bonds. The van der Waals surface area contributed by atoms with Crippen molar-refractivity contribution < 1.29 is 4.79 Å². The van der Waals surface area contributed by atoms with E-state index in [0.717, 1.165) is 0 Å². The van der Waals surface area contributed by atoms with Gasteiger partial charge in [0.15, 0.2) is 5.78 Å². The van der Waals surface area contributed by atoms with E-state index in [0.29, 0.717) is 26.9 Å². The Labute approximate surface area is 115 Å². The van der Waals surface area contributed by atoms with Crippen molar-refractivity contribution in [2.24, 2.45) is 0 Å². The minimum atomic E-state index is -0.0757. The van der Waals surface area contributed by atoms with Crippen molar-refractivity contribution in [3.63, 3.8) is 0 Å². The van der Waals surface area contributed by atoms with Gasteiger partial charge < -0.3 is 5.73 Å². The quantitative estimate of drug-likeness (QED) is 0.877. The lowest BCUT2D eigenvalue weighted by Crippen LogP contribution is -2.06. The van der Waals surface area contributed by atoms with Crippen LogP contribution in [0.1, 0.15) is 15.9 Å². The molecule has 0 bridgehead atoms. The standard InChI is InChI=1S/C13H10Cl2N2O/c14-10-2-1-8(5-11(10)15)13(18)6-9-7-17-4-3-12(9)16/h1-5,7H,6H2,(H2,16,17). The summed E-state index contributed by atoms with van der Waals surface area (Å²) in [5.41, 5.74) is 7.53. The largest absolute Gasteiger partial charge is 0.398 e. The molecule has 3 nitrogen and oxygen atoms in total. The van der Waals surface area contributed by atoms with Crippen LogP contribution in [0.4, 0.5) is 5.69 Å². The van der Waals surface area contributed by atoms with Crippen LogP contribution in [0.25, 0.3) is 0 Å². The molecule has 0 unspecified atom stereocenters. The fourth-order valence-corrected chi connectivity index (χ4v) is 1.83. The van der Waals surface area contributed by atoms with Crippen LogP contribution < -0.4 is 5.73 Å². The Morgan fingerprint density at radius 3 is 2.67 bits per heavy atom. The number of hydrogen-bond acceptors (Lipinski definition) is 3. The lowest BCUT2D eigenvalue weighted by atomic mass is 10.0. The fraction of sp³-hybridized carbons (Fsp3) is 0.0769. The highest BCUT2D eigenvalue weighted by atomic mass is 35.5. The molecule has 2 rings (SSSR count). The minimum absolute atomic E-state index is 0.0757. The maximum atomic E-state index is 12.0. The molecule has 0 aliphatic rings. The summed E-state index contributed by atoms with van der Waals surface area (Å²) in [5, 5.41) is 0.788. The Morgan fingerprint density at radius 1 is 1.22 bits per heavy atom. The van der Waals surface area contributed by atoms with E-state index in [4.69, 9.17) is 28.9 Å². The van der Waals surface area contributed by atoms with E-state index in [9.17, 15) is 4.79 Å². The third kappa shape index (κ3) is 2.81. The van der Waals surface area contributed by atoms with Gasteiger partial charge in [-0.15, -0.1) is 0 Å². The fourth-order valence-electron chi connectivity index (χ4n) is 1.53. The van der Waals surface area contributed by atoms with Crippen molar-refractivity contribution in [2.45, 2.75) is 6.42 Å². The molecular formula is C13H10Cl2N2O. The van der Waals surface area contributed by atoms with Crippen molar-refractivity contribution in [3.05, 3.63) is 57.8 Å². The number of hydrogen-bond donors (Lipinski definition) is 1. The number of halogens is 2. The summed E-state index contributed by atoms with van der Waals surface area (Å²) in [5.74, 6) is -0.0757. The topological polar surface area (TPSA) is 56.0 Å². The predicted octanol–water partition coefficient (Wildman–Crippen LogP) is 3.40. The molecule has 1 aromatic carbocycles. The van der Waals surface area contributed by atoms with Gasteiger partial charge >= 0.3 is 0 Å². The normalized spacial score (nSPS) is 10.3. The van der Waals surface area contributed by atoms with E-state index in [1.807, 2.05) is 0 Å². The third-order valence-electron chi connectivity index (χ3n) is 2.53. The second-order valence-electron chi connectivity index (χ2n) is 3.80. The number of benzene rings is 1. The van der Waals surface area contributed by atoms with Crippen molar-refractivity contribution in [2.75, 3.05) is 5.73 Å². The minimum Gasteiger partial charge on any atom is -0.398 e. The van der Waals surface area contributed by atoms with Crippen LogP contribution in [0.15, 0.2) is 36.7 Å². The number of carbonyl (C=O) groups excluding carboxylic acids is 1. The summed E-state index contributed by atoms with van der Waals surface area (Å²) < 4.78 is 0. The molecule has 0 spiro atoms. The highest BCUT2D eigenvalue weighted by molar-refractivity contribution is 6.42. The molecule has 92 valence electrons. The Kier molecular flexibility index (Phi) is 3.84. The van der Waals surface area contributed by atoms with Crippen LogP contribution >= 0.6 is 23.2 Å². The summed E-state index contributed by atoms with van der Waals surface area (Å²) >= 11 is 11.7. The average molecular weight is 281 g/mol. The van der Waals surface area contributed by atoms with Gasteiger partial charge in [0, 0.05) is 35.6 Å². The molecule has 0 saturated heterocycles. The van der Waals surface area contributed by atoms with Crippen LogP contribution in [0.5, 0.6) is 0 Å². The monoisotopic (exact) mass is 280 g/mol. The van der Waals surface area contributed by atoms with Crippen LogP contribution in [0.3, 0.4) is 0 Å². The molecule has 0 aliphatic heterocycles. The molecule has 0 atom stereocenters. The van der Waals surface area contributed by atoms with Gasteiger partial charge in [-0.25, -0.2) is 0 Å². The van der Waals surface area contributed by atoms with Crippen molar-refractivity contribution >= 4 is 34.7 Å². The van der Waals surface area contributed by atoms with Gasteiger partial charge in [-0.2, -0.15) is 0 Å². The summed E-state index contributed by atoms with van der Waals surface area (Å²) in [6, 6.07) is 6.46. The molecule has 0 radical (unpaired) electrons. The van der Waals surface area contributed by atoms with E-state index >= 15 is 0 Å². The molecule has 0 aliphatic carbocycles. The number of pyridine rings is 1. The number of anilines is 1. The molecule has 0 saturated carbocycles. The number of ketones is 1. The van der Waals surface area contributed by atoms with Gasteiger partial charge in [-0.05, 0) is 24.3 Å². The number of Topliss-reactive ketones (excluding diaryl/α,β-unsaturated/α-hetero) is 1. The summed E-state index contributed by atoms with van der Waals surface area (Å²) in [7, 11) is 0. The van der Waals surface area contributed by atoms with Gasteiger partial charge in [0.25, 0.3) is 0 Å². The van der Waals surface area contributed by atoms with Crippen molar-refractivity contribution in [3.8, 4) is 0 Å². The third-order valence-corrected chi connectivity index (χ3v) is 3.27. The van der Waals surface area contributed by atoms with Gasteiger partial charge in [0.1, 0.15) is 0 Å². The molecule has 1 heterocycles. The first kappa shape index (κ1) is 12.9. The highest BCUT2D eigenvalue weighted by Crippen LogP contribution is 2.23. The van der Waals surface area contributed by atoms with E-state index in [-0.39, 0.29) is 12.2 Å². The zero-order chi connectivity index (χ0) is 13.1. The number of nitrogen functional groups attached to an aromatic ring is 1. The Balaban J connectivity index is 2.22. The summed E-state index contributed by atoms with van der Waals surface area (Å²) in [6.07, 6.45) is 3.37. The number of nitrogens with two attached hydrogens (primary N) is 1. The number of rotatable bonds is 3. The van der Waals surface area contributed by atoms with Crippen LogP contribution in [-0.2, 0) is 6.42 Å². The lowest BCUT2D eigenvalue weighted by Gasteiger charge is -2.05. The second-order valence-corrected chi connectivity index (χ2v) is 4.62. The Bertz CT molecular complexity index is 599. The molecule has 18 heavy (non-hydrogen) atoms. The van der Waals surface area contributed by atoms with Gasteiger partial charge in [0.2, 0.25) is 0 Å². The lowest BCUT2D eigenvalue weighted by molar-refractivity contribution is 0.0993. The average Bonchev–Trinajstić information content (AvgIpc) is 2.35. The first-order chi connectivity index (χ1) is 8.58. The second kappa shape index (κ2) is 5.38. The summed E-state index contributed by atoms with van der Waals surface area (Å²) in [4.78, 5) is 16.0. The number of aromatic nitrogens is 1. The van der Waals surface area contributed by atoms with E-state index in [1.165, 1.54) is 0 Å². The van der Waals surface area contributed by atoms with Gasteiger partial charge in [0.05, 0.1) is 10.0 Å². The molecule has 2 aromatic rings. The molecule has 5 heteroatoms. The van der Waals surface area contributed by atoms with E-state index < -0.39 is 0 Å². The van der Waals surface area contributed by atoms with Gasteiger partial charge in [-0.1, -0.05) is 23.2 Å². The zero-order valence-corrected chi connectivity index (χ0v) is 10.9. The number of nitrogens with zero attached hydrogens (tertiary/aromatic N) is 1. The smallest absolute Gasteiger partial charge is 0.167 e.